The average molecular weight is 647 g/mol. The van der Waals surface area contributed by atoms with Gasteiger partial charge in [0.05, 0.1) is 11.2 Å². The molecule has 5 aromatic carbocycles. The fourth-order valence-corrected chi connectivity index (χ4v) is 11.2. The second kappa shape index (κ2) is 13.3. The molecule has 1 aliphatic rings. The smallest absolute Gasteiger partial charge is 0.338 e. The molecule has 5 nitrogen and oxygen atoms in total. The van der Waals surface area contributed by atoms with Crippen molar-refractivity contribution in [3.05, 3.63) is 168 Å². The van der Waals surface area contributed by atoms with Crippen molar-refractivity contribution in [1.29, 1.82) is 0 Å². The fraction of sp³-hybridized carbons (Fsp3) is 0.205. The molecule has 4 atom stereocenters. The SMILES string of the molecule is C[Si](C)(C)O[C@@]1(c2ccccc2)O[C@H]([C@@H](OC(=O)c2ccccc2)c2ccccc2)C[C@H]1P(=O)(c1ccccc1)c1ccccc1. The molecule has 0 aliphatic carbocycles. The topological polar surface area (TPSA) is 61.8 Å². The summed E-state index contributed by atoms with van der Waals surface area (Å²) in [6.45, 7) is 6.35. The molecule has 1 fully saturated rings. The molecule has 0 unspecified atom stereocenters. The molecule has 0 aromatic heterocycles. The van der Waals surface area contributed by atoms with E-state index in [1.54, 1.807) is 12.1 Å². The van der Waals surface area contributed by atoms with Crippen LogP contribution in [0.2, 0.25) is 19.6 Å². The number of benzene rings is 5. The van der Waals surface area contributed by atoms with Crippen LogP contribution >= 0.6 is 7.14 Å². The van der Waals surface area contributed by atoms with Gasteiger partial charge in [-0.2, -0.15) is 0 Å². The molecule has 7 heteroatoms. The maximum Gasteiger partial charge on any atom is 0.338 e. The van der Waals surface area contributed by atoms with E-state index in [0.717, 1.165) is 21.7 Å². The number of carbonyl (C=O) groups excluding carboxylic acids is 1. The molecule has 0 radical (unpaired) electrons. The summed E-state index contributed by atoms with van der Waals surface area (Å²) in [5.74, 6) is -1.84. The monoisotopic (exact) mass is 646 g/mol. The minimum Gasteiger partial charge on any atom is -0.451 e. The van der Waals surface area contributed by atoms with Crippen molar-refractivity contribution in [2.75, 3.05) is 0 Å². The van der Waals surface area contributed by atoms with Gasteiger partial charge in [0.2, 0.25) is 0 Å². The van der Waals surface area contributed by atoms with Gasteiger partial charge in [0.1, 0.15) is 6.10 Å². The standard InChI is InChI=1S/C39H39O5PSi/c1-46(2,3)44-39(32-23-13-6-14-24-32)36(45(41,33-25-15-7-16-26-33)34-27-17-8-18-28-34)29-35(43-39)37(30-19-9-4-10-20-30)42-38(40)31-21-11-5-12-22-31/h4-28,35-37H,29H2,1-3H3/t35-,36+,37-,39+/m0/s1. The van der Waals surface area contributed by atoms with Crippen LogP contribution < -0.4 is 10.6 Å². The molecule has 6 rings (SSSR count). The van der Waals surface area contributed by atoms with Gasteiger partial charge >= 0.3 is 5.97 Å². The van der Waals surface area contributed by atoms with Gasteiger partial charge < -0.3 is 18.5 Å². The molecule has 1 heterocycles. The van der Waals surface area contributed by atoms with E-state index in [-0.39, 0.29) is 0 Å². The molecular formula is C39H39O5PSi. The number of esters is 1. The highest BCUT2D eigenvalue weighted by atomic mass is 31.2. The van der Waals surface area contributed by atoms with Crippen molar-refractivity contribution in [2.45, 2.75) is 49.7 Å². The minimum atomic E-state index is -3.47. The summed E-state index contributed by atoms with van der Waals surface area (Å²) in [5, 5.41) is 1.46. The van der Waals surface area contributed by atoms with E-state index in [0.29, 0.717) is 12.0 Å². The Morgan fingerprint density at radius 3 is 1.67 bits per heavy atom. The highest BCUT2D eigenvalue weighted by molar-refractivity contribution is 7.79. The zero-order valence-corrected chi connectivity index (χ0v) is 28.3. The van der Waals surface area contributed by atoms with E-state index in [2.05, 4.69) is 19.6 Å². The van der Waals surface area contributed by atoms with Crippen molar-refractivity contribution in [3.8, 4) is 0 Å². The van der Waals surface area contributed by atoms with Crippen LogP contribution in [0.25, 0.3) is 0 Å². The summed E-state index contributed by atoms with van der Waals surface area (Å²) in [5.41, 5.74) is 1.40. The lowest BCUT2D eigenvalue weighted by Crippen LogP contribution is -2.49. The van der Waals surface area contributed by atoms with E-state index in [4.69, 9.17) is 13.9 Å². The number of rotatable bonds is 10. The van der Waals surface area contributed by atoms with Crippen LogP contribution in [0, 0.1) is 0 Å². The molecule has 46 heavy (non-hydrogen) atoms. The second-order valence-corrected chi connectivity index (χ2v) is 20.0. The number of hydrogen-bond donors (Lipinski definition) is 0. The van der Waals surface area contributed by atoms with E-state index < -0.39 is 45.1 Å². The summed E-state index contributed by atoms with van der Waals surface area (Å²) < 4.78 is 36.9. The van der Waals surface area contributed by atoms with Gasteiger partial charge in [0, 0.05) is 16.2 Å². The van der Waals surface area contributed by atoms with Crippen molar-refractivity contribution in [1.82, 2.24) is 0 Å². The first-order valence-corrected chi connectivity index (χ1v) is 20.8. The Morgan fingerprint density at radius 2 is 1.17 bits per heavy atom. The number of ether oxygens (including phenoxy) is 2. The Bertz CT molecular complexity index is 1740. The first-order chi connectivity index (χ1) is 22.2. The molecule has 0 spiro atoms. The lowest BCUT2D eigenvalue weighted by molar-refractivity contribution is -0.202. The van der Waals surface area contributed by atoms with Crippen molar-refractivity contribution < 1.29 is 23.3 Å². The van der Waals surface area contributed by atoms with Gasteiger partial charge in [0.15, 0.2) is 27.4 Å². The van der Waals surface area contributed by atoms with E-state index in [9.17, 15) is 4.79 Å². The van der Waals surface area contributed by atoms with E-state index >= 15 is 4.57 Å². The highest BCUT2D eigenvalue weighted by Crippen LogP contribution is 2.63. The van der Waals surface area contributed by atoms with Crippen molar-refractivity contribution in [3.63, 3.8) is 0 Å². The predicted molar refractivity (Wildman–Crippen MR) is 187 cm³/mol. The van der Waals surface area contributed by atoms with Crippen LogP contribution in [0.1, 0.15) is 34.0 Å². The summed E-state index contributed by atoms with van der Waals surface area (Å²) in [6, 6.07) is 47.8. The van der Waals surface area contributed by atoms with Gasteiger partial charge in [-0.05, 0) is 43.8 Å². The summed E-state index contributed by atoms with van der Waals surface area (Å²) in [7, 11) is -5.86. The van der Waals surface area contributed by atoms with Crippen LogP contribution in [0.5, 0.6) is 0 Å². The maximum atomic E-state index is 16.2. The third-order valence-electron chi connectivity index (χ3n) is 8.28. The second-order valence-electron chi connectivity index (χ2n) is 12.6. The van der Waals surface area contributed by atoms with Gasteiger partial charge in [0.25, 0.3) is 0 Å². The molecular weight excluding hydrogens is 607 g/mol. The molecule has 0 bridgehead atoms. The van der Waals surface area contributed by atoms with Crippen LogP contribution in [0.15, 0.2) is 152 Å². The van der Waals surface area contributed by atoms with Crippen molar-refractivity contribution in [2.24, 2.45) is 0 Å². The van der Waals surface area contributed by atoms with E-state index in [1.165, 1.54) is 0 Å². The number of carbonyl (C=O) groups is 1. The predicted octanol–water partition coefficient (Wildman–Crippen LogP) is 8.46. The Kier molecular flexibility index (Phi) is 9.26. The molecule has 0 amide bonds. The Balaban J connectivity index is 1.57. The Morgan fingerprint density at radius 1 is 0.717 bits per heavy atom. The third kappa shape index (κ3) is 6.44. The molecule has 0 saturated carbocycles. The van der Waals surface area contributed by atoms with Crippen molar-refractivity contribution >= 4 is 32.0 Å². The average Bonchev–Trinajstić information content (AvgIpc) is 3.47. The van der Waals surface area contributed by atoms with Crippen LogP contribution in [0.4, 0.5) is 0 Å². The van der Waals surface area contributed by atoms with Crippen LogP contribution in [-0.2, 0) is 24.3 Å². The normalized spacial score (nSPS) is 20.6. The van der Waals surface area contributed by atoms with Crippen LogP contribution in [0.3, 0.4) is 0 Å². The highest BCUT2D eigenvalue weighted by Gasteiger charge is 2.62. The summed E-state index contributed by atoms with van der Waals surface area (Å²) in [6.07, 6.45) is -1.13. The Hall–Kier alpha value is -4.06. The zero-order chi connectivity index (χ0) is 32.2. The lowest BCUT2D eigenvalue weighted by atomic mass is 9.98. The van der Waals surface area contributed by atoms with Crippen LogP contribution in [-0.4, -0.2) is 26.0 Å². The van der Waals surface area contributed by atoms with Gasteiger partial charge in [-0.25, -0.2) is 4.79 Å². The first kappa shape index (κ1) is 31.9. The minimum absolute atomic E-state index is 0.321. The largest absolute Gasteiger partial charge is 0.451 e. The fourth-order valence-electron chi connectivity index (χ4n) is 6.40. The molecule has 0 N–H and O–H groups in total. The lowest BCUT2D eigenvalue weighted by Gasteiger charge is -2.43. The van der Waals surface area contributed by atoms with Gasteiger partial charge in [-0.15, -0.1) is 0 Å². The Labute approximate surface area is 272 Å². The maximum absolute atomic E-state index is 16.2. The third-order valence-corrected chi connectivity index (χ3v) is 12.8. The molecule has 1 aliphatic heterocycles. The van der Waals surface area contributed by atoms with Gasteiger partial charge in [-0.3, -0.25) is 0 Å². The first-order valence-electron chi connectivity index (χ1n) is 15.7. The quantitative estimate of drug-likeness (QED) is 0.0866. The molecule has 5 aromatic rings. The molecule has 234 valence electrons. The van der Waals surface area contributed by atoms with E-state index in [1.807, 2.05) is 140 Å². The number of hydrogen-bond acceptors (Lipinski definition) is 5. The molecule has 1 saturated heterocycles. The zero-order valence-electron chi connectivity index (χ0n) is 26.4. The summed E-state index contributed by atoms with van der Waals surface area (Å²) >= 11 is 0. The van der Waals surface area contributed by atoms with Gasteiger partial charge in [-0.1, -0.05) is 140 Å². The summed E-state index contributed by atoms with van der Waals surface area (Å²) in [4.78, 5) is 13.6.